The summed E-state index contributed by atoms with van der Waals surface area (Å²) in [6.45, 7) is 5.24. The third kappa shape index (κ3) is 4.38. The fourth-order valence-corrected chi connectivity index (χ4v) is 2.71. The topological polar surface area (TPSA) is 21.3 Å². The molecule has 128 valence electrons. The van der Waals surface area contributed by atoms with Gasteiger partial charge < -0.3 is 10.1 Å². The van der Waals surface area contributed by atoms with Crippen LogP contribution in [0.1, 0.15) is 22.3 Å². The predicted molar refractivity (Wildman–Crippen MR) is 100 cm³/mol. The van der Waals surface area contributed by atoms with E-state index in [0.29, 0.717) is 13.2 Å². The highest BCUT2D eigenvalue weighted by Crippen LogP contribution is 2.23. The average Bonchev–Trinajstić information content (AvgIpc) is 2.62. The van der Waals surface area contributed by atoms with Crippen molar-refractivity contribution in [1.82, 2.24) is 0 Å². The van der Waals surface area contributed by atoms with Gasteiger partial charge in [-0.3, -0.25) is 0 Å². The number of ether oxygens (including phenoxy) is 1. The molecule has 3 aromatic rings. The normalized spacial score (nSPS) is 10.5. The molecule has 0 aliphatic heterocycles. The fraction of sp³-hybridized carbons (Fsp3) is 0.182. The third-order valence-electron chi connectivity index (χ3n) is 4.33. The molecule has 0 fully saturated rings. The van der Waals surface area contributed by atoms with E-state index in [1.807, 2.05) is 30.3 Å². The summed E-state index contributed by atoms with van der Waals surface area (Å²) in [6.07, 6.45) is 0. The minimum Gasteiger partial charge on any atom is -0.489 e. The molecule has 0 radical (unpaired) electrons. The molecule has 0 heterocycles. The van der Waals surface area contributed by atoms with Gasteiger partial charge in [0.25, 0.3) is 0 Å². The van der Waals surface area contributed by atoms with Crippen LogP contribution in [0, 0.1) is 19.7 Å². The minimum atomic E-state index is -0.244. The SMILES string of the molecule is Cc1cccc(NCc2ccccc2OCc2cccc(F)c2)c1C. The van der Waals surface area contributed by atoms with Gasteiger partial charge in [0.15, 0.2) is 0 Å². The standard InChI is InChI=1S/C22H22FNO/c1-16-7-5-11-21(17(16)2)24-14-19-9-3-4-12-22(19)25-15-18-8-6-10-20(23)13-18/h3-13,24H,14-15H2,1-2H3. The molecular weight excluding hydrogens is 313 g/mol. The fourth-order valence-electron chi connectivity index (χ4n) is 2.71. The van der Waals surface area contributed by atoms with Gasteiger partial charge in [0.1, 0.15) is 18.2 Å². The second-order valence-corrected chi connectivity index (χ2v) is 6.13. The average molecular weight is 335 g/mol. The number of hydrogen-bond acceptors (Lipinski definition) is 2. The maximum atomic E-state index is 13.3. The zero-order chi connectivity index (χ0) is 17.6. The molecule has 0 unspecified atom stereocenters. The van der Waals surface area contributed by atoms with Crippen LogP contribution in [0.3, 0.4) is 0 Å². The molecule has 0 bridgehead atoms. The van der Waals surface area contributed by atoms with E-state index in [4.69, 9.17) is 4.74 Å². The number of halogens is 1. The highest BCUT2D eigenvalue weighted by Gasteiger charge is 2.06. The summed E-state index contributed by atoms with van der Waals surface area (Å²) in [5, 5.41) is 3.48. The van der Waals surface area contributed by atoms with Crippen LogP contribution in [0.25, 0.3) is 0 Å². The Morgan fingerprint density at radius 3 is 2.56 bits per heavy atom. The summed E-state index contributed by atoms with van der Waals surface area (Å²) in [5.41, 5.74) is 5.53. The second-order valence-electron chi connectivity index (χ2n) is 6.13. The number of anilines is 1. The second kappa shape index (κ2) is 7.84. The first-order valence-corrected chi connectivity index (χ1v) is 8.39. The Hall–Kier alpha value is -2.81. The van der Waals surface area contributed by atoms with Gasteiger partial charge in [-0.05, 0) is 54.8 Å². The maximum absolute atomic E-state index is 13.3. The summed E-state index contributed by atoms with van der Waals surface area (Å²) in [7, 11) is 0. The van der Waals surface area contributed by atoms with Crippen molar-refractivity contribution < 1.29 is 9.13 Å². The molecule has 3 heteroatoms. The van der Waals surface area contributed by atoms with Gasteiger partial charge in [0.2, 0.25) is 0 Å². The molecule has 0 saturated carbocycles. The molecule has 3 aromatic carbocycles. The zero-order valence-corrected chi connectivity index (χ0v) is 14.6. The van der Waals surface area contributed by atoms with Crippen molar-refractivity contribution >= 4 is 5.69 Å². The van der Waals surface area contributed by atoms with Crippen LogP contribution in [0.4, 0.5) is 10.1 Å². The Kier molecular flexibility index (Phi) is 5.34. The highest BCUT2D eigenvalue weighted by molar-refractivity contribution is 5.54. The van der Waals surface area contributed by atoms with Crippen LogP contribution in [-0.4, -0.2) is 0 Å². The van der Waals surface area contributed by atoms with Crippen LogP contribution < -0.4 is 10.1 Å². The first kappa shape index (κ1) is 17.0. The Morgan fingerprint density at radius 2 is 1.72 bits per heavy atom. The van der Waals surface area contributed by atoms with Crippen molar-refractivity contribution in [3.63, 3.8) is 0 Å². The van der Waals surface area contributed by atoms with Crippen molar-refractivity contribution in [2.45, 2.75) is 27.0 Å². The Labute approximate surface area is 148 Å². The van der Waals surface area contributed by atoms with Gasteiger partial charge >= 0.3 is 0 Å². The molecule has 3 rings (SSSR count). The first-order chi connectivity index (χ1) is 12.1. The summed E-state index contributed by atoms with van der Waals surface area (Å²) < 4.78 is 19.2. The number of aryl methyl sites for hydroxylation is 1. The van der Waals surface area contributed by atoms with E-state index in [1.54, 1.807) is 6.07 Å². The number of benzene rings is 3. The van der Waals surface area contributed by atoms with E-state index < -0.39 is 0 Å². The smallest absolute Gasteiger partial charge is 0.124 e. The number of hydrogen-bond donors (Lipinski definition) is 1. The van der Waals surface area contributed by atoms with Crippen molar-refractivity contribution in [2.24, 2.45) is 0 Å². The van der Waals surface area contributed by atoms with Gasteiger partial charge in [0.05, 0.1) is 0 Å². The maximum Gasteiger partial charge on any atom is 0.124 e. The quantitative estimate of drug-likeness (QED) is 0.630. The molecule has 2 nitrogen and oxygen atoms in total. The van der Waals surface area contributed by atoms with Crippen LogP contribution in [0.15, 0.2) is 66.7 Å². The minimum absolute atomic E-state index is 0.244. The molecule has 0 aliphatic rings. The zero-order valence-electron chi connectivity index (χ0n) is 14.6. The largest absolute Gasteiger partial charge is 0.489 e. The molecule has 0 saturated heterocycles. The molecule has 25 heavy (non-hydrogen) atoms. The lowest BCUT2D eigenvalue weighted by Gasteiger charge is -2.15. The first-order valence-electron chi connectivity index (χ1n) is 8.39. The van der Waals surface area contributed by atoms with E-state index in [0.717, 1.165) is 22.6 Å². The van der Waals surface area contributed by atoms with Crippen LogP contribution >= 0.6 is 0 Å². The molecule has 0 aromatic heterocycles. The van der Waals surface area contributed by atoms with Crippen molar-refractivity contribution in [2.75, 3.05) is 5.32 Å². The Bertz CT molecular complexity index is 860. The monoisotopic (exact) mass is 335 g/mol. The van der Waals surface area contributed by atoms with Crippen LogP contribution in [0.2, 0.25) is 0 Å². The Balaban J connectivity index is 1.69. The number of para-hydroxylation sites is 1. The molecule has 0 spiro atoms. The van der Waals surface area contributed by atoms with Gasteiger partial charge in [-0.25, -0.2) is 4.39 Å². The molecular formula is C22H22FNO. The van der Waals surface area contributed by atoms with Gasteiger partial charge in [0, 0.05) is 17.8 Å². The molecule has 0 aliphatic carbocycles. The highest BCUT2D eigenvalue weighted by atomic mass is 19.1. The van der Waals surface area contributed by atoms with E-state index >= 15 is 0 Å². The van der Waals surface area contributed by atoms with Gasteiger partial charge in [-0.1, -0.05) is 42.5 Å². The predicted octanol–water partition coefficient (Wildman–Crippen LogP) is 5.63. The summed E-state index contributed by atoms with van der Waals surface area (Å²) >= 11 is 0. The van der Waals surface area contributed by atoms with E-state index in [2.05, 4.69) is 37.4 Å². The summed E-state index contributed by atoms with van der Waals surface area (Å²) in [4.78, 5) is 0. The third-order valence-corrected chi connectivity index (χ3v) is 4.33. The van der Waals surface area contributed by atoms with E-state index in [1.165, 1.54) is 23.3 Å². The van der Waals surface area contributed by atoms with Crippen molar-refractivity contribution in [1.29, 1.82) is 0 Å². The van der Waals surface area contributed by atoms with Crippen molar-refractivity contribution in [3.8, 4) is 5.75 Å². The van der Waals surface area contributed by atoms with Crippen molar-refractivity contribution in [3.05, 3.63) is 94.8 Å². The van der Waals surface area contributed by atoms with Crippen LogP contribution in [0.5, 0.6) is 5.75 Å². The summed E-state index contributed by atoms with van der Waals surface area (Å²) in [6, 6.07) is 20.7. The lowest BCUT2D eigenvalue weighted by Crippen LogP contribution is -2.05. The van der Waals surface area contributed by atoms with Gasteiger partial charge in [-0.2, -0.15) is 0 Å². The summed E-state index contributed by atoms with van der Waals surface area (Å²) in [5.74, 6) is 0.565. The molecule has 0 atom stereocenters. The van der Waals surface area contributed by atoms with E-state index in [9.17, 15) is 4.39 Å². The van der Waals surface area contributed by atoms with E-state index in [-0.39, 0.29) is 5.82 Å². The Morgan fingerprint density at radius 1 is 0.920 bits per heavy atom. The lowest BCUT2D eigenvalue weighted by molar-refractivity contribution is 0.302. The molecule has 0 amide bonds. The molecule has 1 N–H and O–H groups in total. The number of nitrogens with one attached hydrogen (secondary N) is 1. The van der Waals surface area contributed by atoms with Crippen LogP contribution in [-0.2, 0) is 13.2 Å². The van der Waals surface area contributed by atoms with Gasteiger partial charge in [-0.15, -0.1) is 0 Å². The lowest BCUT2D eigenvalue weighted by atomic mass is 10.1. The number of rotatable bonds is 6.